The summed E-state index contributed by atoms with van der Waals surface area (Å²) in [6.07, 6.45) is 4.89. The molecule has 0 aromatic rings. The van der Waals surface area contributed by atoms with E-state index in [1.54, 1.807) is 0 Å². The van der Waals surface area contributed by atoms with E-state index in [2.05, 4.69) is 0 Å². The average Bonchev–Trinajstić information content (AvgIpc) is 2.05. The summed E-state index contributed by atoms with van der Waals surface area (Å²) >= 11 is 0. The van der Waals surface area contributed by atoms with Crippen LogP contribution >= 0.6 is 0 Å². The minimum atomic E-state index is -1.13. The van der Waals surface area contributed by atoms with Crippen LogP contribution in [0.1, 0.15) is 45.4 Å². The summed E-state index contributed by atoms with van der Waals surface area (Å²) in [7, 11) is 0. The molecule has 0 atom stereocenters. The van der Waals surface area contributed by atoms with Crippen molar-refractivity contribution in [1.29, 1.82) is 0 Å². The van der Waals surface area contributed by atoms with E-state index in [9.17, 15) is 4.79 Å². The van der Waals surface area contributed by atoms with Gasteiger partial charge in [0.2, 0.25) is 0 Å². The van der Waals surface area contributed by atoms with Crippen LogP contribution in [0.15, 0.2) is 0 Å². The molecule has 1 aliphatic rings. The van der Waals surface area contributed by atoms with Gasteiger partial charge in [0.1, 0.15) is 5.60 Å². The lowest BCUT2D eigenvalue weighted by atomic mass is 9.83. The lowest BCUT2D eigenvalue weighted by Crippen LogP contribution is -2.36. The number of carbonyl (C=O) groups is 1. The lowest BCUT2D eigenvalue weighted by molar-refractivity contribution is -0.0438. The van der Waals surface area contributed by atoms with E-state index in [0.717, 1.165) is 32.1 Å². The molecular weight excluding hydrogens is 156 g/mol. The topological polar surface area (TPSA) is 46.5 Å². The SMILES string of the molecule is CCC1(OC(=O)O)CCCCC1. The third-order valence-corrected chi connectivity index (χ3v) is 2.71. The van der Waals surface area contributed by atoms with E-state index in [-0.39, 0.29) is 5.60 Å². The van der Waals surface area contributed by atoms with Gasteiger partial charge in [0, 0.05) is 0 Å². The van der Waals surface area contributed by atoms with Gasteiger partial charge in [0.25, 0.3) is 0 Å². The monoisotopic (exact) mass is 172 g/mol. The quantitative estimate of drug-likeness (QED) is 0.651. The van der Waals surface area contributed by atoms with Crippen LogP contribution in [0.5, 0.6) is 0 Å². The molecule has 0 spiro atoms. The van der Waals surface area contributed by atoms with Crippen molar-refractivity contribution in [2.24, 2.45) is 0 Å². The second-order valence-electron chi connectivity index (χ2n) is 3.47. The van der Waals surface area contributed by atoms with Gasteiger partial charge < -0.3 is 9.84 Å². The van der Waals surface area contributed by atoms with Gasteiger partial charge in [0.15, 0.2) is 0 Å². The maximum absolute atomic E-state index is 10.4. The fourth-order valence-electron chi connectivity index (χ4n) is 1.91. The zero-order valence-corrected chi connectivity index (χ0v) is 7.51. The molecule has 1 aliphatic carbocycles. The van der Waals surface area contributed by atoms with Crippen LogP contribution in [0.4, 0.5) is 4.79 Å². The molecule has 0 amide bonds. The fraction of sp³-hybridized carbons (Fsp3) is 0.889. The molecule has 1 saturated carbocycles. The molecule has 70 valence electrons. The van der Waals surface area contributed by atoms with Crippen LogP contribution in [0.25, 0.3) is 0 Å². The van der Waals surface area contributed by atoms with Crippen molar-refractivity contribution in [2.45, 2.75) is 51.0 Å². The highest BCUT2D eigenvalue weighted by Crippen LogP contribution is 2.34. The molecule has 0 bridgehead atoms. The molecule has 1 fully saturated rings. The molecule has 1 N–H and O–H groups in total. The van der Waals surface area contributed by atoms with Crippen LogP contribution in [0.2, 0.25) is 0 Å². The number of hydrogen-bond donors (Lipinski definition) is 1. The van der Waals surface area contributed by atoms with Gasteiger partial charge in [-0.3, -0.25) is 0 Å². The van der Waals surface area contributed by atoms with Crippen LogP contribution in [-0.4, -0.2) is 16.9 Å². The highest BCUT2D eigenvalue weighted by Gasteiger charge is 2.33. The highest BCUT2D eigenvalue weighted by molar-refractivity contribution is 5.57. The molecule has 0 saturated heterocycles. The summed E-state index contributed by atoms with van der Waals surface area (Å²) in [6.45, 7) is 1.99. The normalized spacial score (nSPS) is 21.8. The van der Waals surface area contributed by atoms with Crippen molar-refractivity contribution in [3.63, 3.8) is 0 Å². The Balaban J connectivity index is 2.53. The Bertz CT molecular complexity index is 159. The Morgan fingerprint density at radius 1 is 1.42 bits per heavy atom. The number of rotatable bonds is 2. The molecular formula is C9H16O3. The van der Waals surface area contributed by atoms with Crippen molar-refractivity contribution in [3.8, 4) is 0 Å². The third-order valence-electron chi connectivity index (χ3n) is 2.71. The number of ether oxygens (including phenoxy) is 1. The van der Waals surface area contributed by atoms with E-state index >= 15 is 0 Å². The Kier molecular flexibility index (Phi) is 2.95. The molecule has 0 unspecified atom stereocenters. The van der Waals surface area contributed by atoms with Crippen molar-refractivity contribution < 1.29 is 14.6 Å². The second-order valence-corrected chi connectivity index (χ2v) is 3.47. The van der Waals surface area contributed by atoms with Gasteiger partial charge in [-0.25, -0.2) is 4.79 Å². The van der Waals surface area contributed by atoms with E-state index in [4.69, 9.17) is 9.84 Å². The van der Waals surface area contributed by atoms with Crippen LogP contribution < -0.4 is 0 Å². The van der Waals surface area contributed by atoms with Gasteiger partial charge >= 0.3 is 6.16 Å². The van der Waals surface area contributed by atoms with Crippen molar-refractivity contribution in [3.05, 3.63) is 0 Å². The van der Waals surface area contributed by atoms with Gasteiger partial charge in [-0.15, -0.1) is 0 Å². The Hall–Kier alpha value is -0.730. The Morgan fingerprint density at radius 2 is 2.00 bits per heavy atom. The predicted octanol–water partition coefficient (Wildman–Crippen LogP) is 2.79. The number of carboxylic acid groups (broad SMARTS) is 1. The van der Waals surface area contributed by atoms with Crippen LogP contribution in [0, 0.1) is 0 Å². The van der Waals surface area contributed by atoms with Crippen LogP contribution in [-0.2, 0) is 4.74 Å². The summed E-state index contributed by atoms with van der Waals surface area (Å²) in [4.78, 5) is 10.4. The summed E-state index contributed by atoms with van der Waals surface area (Å²) in [5.74, 6) is 0. The molecule has 0 aliphatic heterocycles. The maximum Gasteiger partial charge on any atom is 0.506 e. The molecule has 3 nitrogen and oxygen atoms in total. The Morgan fingerprint density at radius 3 is 2.42 bits per heavy atom. The summed E-state index contributed by atoms with van der Waals surface area (Å²) in [6, 6.07) is 0. The van der Waals surface area contributed by atoms with Gasteiger partial charge in [0.05, 0.1) is 0 Å². The van der Waals surface area contributed by atoms with Gasteiger partial charge in [-0.1, -0.05) is 13.3 Å². The molecule has 1 rings (SSSR count). The third kappa shape index (κ3) is 2.13. The standard InChI is InChI=1S/C9H16O3/c1-2-9(12-8(10)11)6-4-3-5-7-9/h2-7H2,1H3,(H,10,11). The second kappa shape index (κ2) is 3.78. The van der Waals surface area contributed by atoms with Gasteiger partial charge in [-0.05, 0) is 32.1 Å². The van der Waals surface area contributed by atoms with Crippen molar-refractivity contribution >= 4 is 6.16 Å². The molecule has 0 aromatic heterocycles. The van der Waals surface area contributed by atoms with Gasteiger partial charge in [-0.2, -0.15) is 0 Å². The minimum absolute atomic E-state index is 0.357. The maximum atomic E-state index is 10.4. The van der Waals surface area contributed by atoms with E-state index in [0.29, 0.717) is 0 Å². The lowest BCUT2D eigenvalue weighted by Gasteiger charge is -2.34. The smallest absolute Gasteiger partial charge is 0.450 e. The molecule has 0 radical (unpaired) electrons. The first-order chi connectivity index (χ1) is 5.68. The summed E-state index contributed by atoms with van der Waals surface area (Å²) < 4.78 is 4.94. The van der Waals surface area contributed by atoms with E-state index < -0.39 is 6.16 Å². The summed E-state index contributed by atoms with van der Waals surface area (Å²) in [5, 5.41) is 8.54. The zero-order chi connectivity index (χ0) is 9.03. The van der Waals surface area contributed by atoms with Crippen molar-refractivity contribution in [2.75, 3.05) is 0 Å². The predicted molar refractivity (Wildman–Crippen MR) is 45.2 cm³/mol. The first-order valence-corrected chi connectivity index (χ1v) is 4.60. The highest BCUT2D eigenvalue weighted by atomic mass is 16.7. The molecule has 12 heavy (non-hydrogen) atoms. The first-order valence-electron chi connectivity index (χ1n) is 4.60. The van der Waals surface area contributed by atoms with Crippen LogP contribution in [0.3, 0.4) is 0 Å². The largest absolute Gasteiger partial charge is 0.506 e. The fourth-order valence-corrected chi connectivity index (χ4v) is 1.91. The van der Waals surface area contributed by atoms with E-state index in [1.165, 1.54) is 6.42 Å². The Labute approximate surface area is 72.7 Å². The molecule has 0 heterocycles. The molecule has 0 aromatic carbocycles. The van der Waals surface area contributed by atoms with Crippen molar-refractivity contribution in [1.82, 2.24) is 0 Å². The van der Waals surface area contributed by atoms with E-state index in [1.807, 2.05) is 6.92 Å². The average molecular weight is 172 g/mol. The zero-order valence-electron chi connectivity index (χ0n) is 7.51. The number of hydrogen-bond acceptors (Lipinski definition) is 2. The minimum Gasteiger partial charge on any atom is -0.450 e. The molecule has 3 heteroatoms. The first kappa shape index (κ1) is 9.36. The summed E-state index contributed by atoms with van der Waals surface area (Å²) in [5.41, 5.74) is -0.357.